The molecule has 0 atom stereocenters. The number of hydrogen-bond donors (Lipinski definition) is 1. The molecule has 0 bridgehead atoms. The summed E-state index contributed by atoms with van der Waals surface area (Å²) in [5.74, 6) is 4.03. The van der Waals surface area contributed by atoms with E-state index in [1.807, 2.05) is 0 Å². The smallest absolute Gasteiger partial charge is 0.119 e. The van der Waals surface area contributed by atoms with Gasteiger partial charge in [0.05, 0.1) is 6.61 Å². The minimum absolute atomic E-state index is 0.808. The number of ether oxygens (including phenoxy) is 1. The van der Waals surface area contributed by atoms with Crippen molar-refractivity contribution in [2.45, 2.75) is 45.6 Å². The maximum Gasteiger partial charge on any atom is 0.119 e. The van der Waals surface area contributed by atoms with E-state index in [-0.39, 0.29) is 0 Å². The fourth-order valence-electron chi connectivity index (χ4n) is 3.07. The second-order valence-electron chi connectivity index (χ2n) is 6.46. The van der Waals surface area contributed by atoms with Gasteiger partial charge in [-0.15, -0.1) is 0 Å². The molecule has 20 heavy (non-hydrogen) atoms. The quantitative estimate of drug-likeness (QED) is 0.734. The molecule has 2 fully saturated rings. The van der Waals surface area contributed by atoms with Crippen molar-refractivity contribution in [1.82, 2.24) is 5.32 Å². The van der Waals surface area contributed by atoms with Crippen LogP contribution in [0.5, 0.6) is 5.75 Å². The lowest BCUT2D eigenvalue weighted by molar-refractivity contribution is 0.317. The highest BCUT2D eigenvalue weighted by Gasteiger charge is 2.40. The Morgan fingerprint density at radius 2 is 1.75 bits per heavy atom. The third-order valence-electron chi connectivity index (χ3n) is 4.56. The molecule has 2 aliphatic rings. The Bertz CT molecular complexity index is 394. The molecule has 0 unspecified atom stereocenters. The lowest BCUT2D eigenvalue weighted by atomic mass is 9.98. The predicted molar refractivity (Wildman–Crippen MR) is 82.9 cm³/mol. The molecule has 0 spiro atoms. The van der Waals surface area contributed by atoms with Crippen LogP contribution in [0.25, 0.3) is 0 Å². The SMILES string of the molecule is CCCOc1ccc(CNCC(C2CC2)C2CC2)cc1. The average Bonchev–Trinajstić information content (AvgIpc) is 3.36. The van der Waals surface area contributed by atoms with Crippen molar-refractivity contribution in [2.24, 2.45) is 17.8 Å². The minimum atomic E-state index is 0.808. The molecule has 3 rings (SSSR count). The molecule has 0 aliphatic heterocycles. The maximum absolute atomic E-state index is 5.61. The minimum Gasteiger partial charge on any atom is -0.494 e. The average molecular weight is 273 g/mol. The molecule has 2 nitrogen and oxygen atoms in total. The lowest BCUT2D eigenvalue weighted by Gasteiger charge is -2.16. The highest BCUT2D eigenvalue weighted by atomic mass is 16.5. The molecule has 2 heteroatoms. The predicted octanol–water partition coefficient (Wildman–Crippen LogP) is 4.00. The van der Waals surface area contributed by atoms with Crippen LogP contribution < -0.4 is 10.1 Å². The molecular weight excluding hydrogens is 246 g/mol. The van der Waals surface area contributed by atoms with Crippen LogP contribution in [0.15, 0.2) is 24.3 Å². The summed E-state index contributed by atoms with van der Waals surface area (Å²) in [4.78, 5) is 0. The molecule has 1 aromatic rings. The van der Waals surface area contributed by atoms with Gasteiger partial charge in [-0.3, -0.25) is 0 Å². The van der Waals surface area contributed by atoms with Crippen LogP contribution in [0.1, 0.15) is 44.6 Å². The molecule has 2 saturated carbocycles. The first kappa shape index (κ1) is 13.9. The fourth-order valence-corrected chi connectivity index (χ4v) is 3.07. The van der Waals surface area contributed by atoms with Gasteiger partial charge in [0.15, 0.2) is 0 Å². The van der Waals surface area contributed by atoms with Crippen LogP contribution in [0.2, 0.25) is 0 Å². The maximum atomic E-state index is 5.61. The van der Waals surface area contributed by atoms with Gasteiger partial charge in [-0.05, 0) is 74.1 Å². The van der Waals surface area contributed by atoms with Gasteiger partial charge in [-0.1, -0.05) is 19.1 Å². The normalized spacial score (nSPS) is 18.5. The Morgan fingerprint density at radius 3 is 2.30 bits per heavy atom. The topological polar surface area (TPSA) is 21.3 Å². The monoisotopic (exact) mass is 273 g/mol. The molecule has 0 radical (unpaired) electrons. The fraction of sp³-hybridized carbons (Fsp3) is 0.667. The molecule has 110 valence electrons. The summed E-state index contributed by atoms with van der Waals surface area (Å²) in [6.45, 7) is 5.14. The first-order valence-corrected chi connectivity index (χ1v) is 8.29. The summed E-state index contributed by atoms with van der Waals surface area (Å²) >= 11 is 0. The Balaban J connectivity index is 1.41. The van der Waals surface area contributed by atoms with Gasteiger partial charge in [-0.25, -0.2) is 0 Å². The van der Waals surface area contributed by atoms with E-state index in [2.05, 4.69) is 36.5 Å². The number of hydrogen-bond acceptors (Lipinski definition) is 2. The zero-order valence-electron chi connectivity index (χ0n) is 12.6. The van der Waals surface area contributed by atoms with E-state index < -0.39 is 0 Å². The highest BCUT2D eigenvalue weighted by molar-refractivity contribution is 5.27. The van der Waals surface area contributed by atoms with Gasteiger partial charge in [0, 0.05) is 6.54 Å². The van der Waals surface area contributed by atoms with E-state index in [0.717, 1.165) is 43.1 Å². The molecule has 2 aliphatic carbocycles. The summed E-state index contributed by atoms with van der Waals surface area (Å²) in [5.41, 5.74) is 1.36. The Hall–Kier alpha value is -1.02. The number of rotatable bonds is 9. The Morgan fingerprint density at radius 1 is 1.10 bits per heavy atom. The van der Waals surface area contributed by atoms with Gasteiger partial charge in [0.25, 0.3) is 0 Å². The van der Waals surface area contributed by atoms with Gasteiger partial charge in [-0.2, -0.15) is 0 Å². The zero-order chi connectivity index (χ0) is 13.8. The third-order valence-corrected chi connectivity index (χ3v) is 4.56. The first-order chi connectivity index (χ1) is 9.86. The van der Waals surface area contributed by atoms with Gasteiger partial charge < -0.3 is 10.1 Å². The van der Waals surface area contributed by atoms with Crippen LogP contribution >= 0.6 is 0 Å². The van der Waals surface area contributed by atoms with E-state index in [4.69, 9.17) is 4.74 Å². The van der Waals surface area contributed by atoms with Gasteiger partial charge in [0.1, 0.15) is 5.75 Å². The van der Waals surface area contributed by atoms with Crippen molar-refractivity contribution in [3.63, 3.8) is 0 Å². The van der Waals surface area contributed by atoms with Crippen molar-refractivity contribution in [3.8, 4) is 5.75 Å². The van der Waals surface area contributed by atoms with E-state index >= 15 is 0 Å². The molecule has 1 N–H and O–H groups in total. The molecule has 0 aromatic heterocycles. The van der Waals surface area contributed by atoms with E-state index in [1.54, 1.807) is 0 Å². The van der Waals surface area contributed by atoms with Crippen molar-refractivity contribution in [2.75, 3.05) is 13.2 Å². The summed E-state index contributed by atoms with van der Waals surface area (Å²) in [6.07, 6.45) is 6.98. The molecule has 0 amide bonds. The number of benzene rings is 1. The molecule has 0 heterocycles. The molecular formula is C18H27NO. The molecule has 1 aromatic carbocycles. The first-order valence-electron chi connectivity index (χ1n) is 8.29. The van der Waals surface area contributed by atoms with Crippen molar-refractivity contribution in [1.29, 1.82) is 0 Å². The summed E-state index contributed by atoms with van der Waals surface area (Å²) in [7, 11) is 0. The Labute approximate surface area is 122 Å². The second kappa shape index (κ2) is 6.62. The second-order valence-corrected chi connectivity index (χ2v) is 6.46. The van der Waals surface area contributed by atoms with Crippen molar-refractivity contribution < 1.29 is 4.74 Å². The number of nitrogens with one attached hydrogen (secondary N) is 1. The van der Waals surface area contributed by atoms with E-state index in [9.17, 15) is 0 Å². The van der Waals surface area contributed by atoms with E-state index in [1.165, 1.54) is 37.8 Å². The van der Waals surface area contributed by atoms with Crippen LogP contribution in [-0.4, -0.2) is 13.2 Å². The lowest BCUT2D eigenvalue weighted by Crippen LogP contribution is -2.25. The Kier molecular flexibility index (Phi) is 4.62. The van der Waals surface area contributed by atoms with Gasteiger partial charge in [0.2, 0.25) is 0 Å². The van der Waals surface area contributed by atoms with Crippen molar-refractivity contribution >= 4 is 0 Å². The van der Waals surface area contributed by atoms with E-state index in [0.29, 0.717) is 0 Å². The van der Waals surface area contributed by atoms with Gasteiger partial charge >= 0.3 is 0 Å². The van der Waals surface area contributed by atoms with Crippen LogP contribution in [0.3, 0.4) is 0 Å². The van der Waals surface area contributed by atoms with Crippen LogP contribution in [-0.2, 0) is 6.54 Å². The highest BCUT2D eigenvalue weighted by Crippen LogP contribution is 2.48. The third kappa shape index (κ3) is 3.99. The zero-order valence-corrected chi connectivity index (χ0v) is 12.6. The van der Waals surface area contributed by atoms with Crippen molar-refractivity contribution in [3.05, 3.63) is 29.8 Å². The summed E-state index contributed by atoms with van der Waals surface area (Å²) in [6, 6.07) is 8.54. The van der Waals surface area contributed by atoms with Crippen LogP contribution in [0, 0.1) is 17.8 Å². The summed E-state index contributed by atoms with van der Waals surface area (Å²) < 4.78 is 5.61. The molecule has 0 saturated heterocycles. The van der Waals surface area contributed by atoms with Crippen LogP contribution in [0.4, 0.5) is 0 Å². The largest absolute Gasteiger partial charge is 0.494 e. The summed E-state index contributed by atoms with van der Waals surface area (Å²) in [5, 5.41) is 3.67. The standard InChI is InChI=1S/C18H27NO/c1-2-11-20-17-9-3-14(4-10-17)12-19-13-18(15-5-6-15)16-7-8-16/h3-4,9-10,15-16,18-19H,2,5-8,11-13H2,1H3.